The molecule has 0 aliphatic heterocycles. The molecule has 0 atom stereocenters. The van der Waals surface area contributed by atoms with Crippen LogP contribution in [0.3, 0.4) is 0 Å². The van der Waals surface area contributed by atoms with E-state index in [-0.39, 0.29) is 16.8 Å². The minimum absolute atomic E-state index is 0.0179. The normalized spacial score (nSPS) is 10.9. The van der Waals surface area contributed by atoms with Crippen LogP contribution in [-0.4, -0.2) is 20.2 Å². The van der Waals surface area contributed by atoms with Gasteiger partial charge in [0.15, 0.2) is 11.6 Å². The molecule has 4 rings (SSSR count). The van der Waals surface area contributed by atoms with Crippen molar-refractivity contribution >= 4 is 45.6 Å². The van der Waals surface area contributed by atoms with E-state index in [9.17, 15) is 8.78 Å². The van der Waals surface area contributed by atoms with Gasteiger partial charge >= 0.3 is 0 Å². The molecule has 2 heterocycles. The Hall–Kier alpha value is -3.26. The van der Waals surface area contributed by atoms with Crippen LogP contribution < -0.4 is 10.6 Å². The highest BCUT2D eigenvalue weighted by Gasteiger charge is 2.09. The summed E-state index contributed by atoms with van der Waals surface area (Å²) in [5.74, 6) is -1.19. The molecule has 4 aromatic rings. The van der Waals surface area contributed by atoms with Gasteiger partial charge in [-0.2, -0.15) is 10.1 Å². The van der Waals surface area contributed by atoms with E-state index in [2.05, 4.69) is 30.8 Å². The molecule has 0 saturated heterocycles. The second kappa shape index (κ2) is 6.57. The van der Waals surface area contributed by atoms with E-state index in [1.807, 2.05) is 18.2 Å². The second-order valence-electron chi connectivity index (χ2n) is 5.44. The van der Waals surface area contributed by atoms with E-state index in [0.29, 0.717) is 11.4 Å². The van der Waals surface area contributed by atoms with Gasteiger partial charge in [0.25, 0.3) is 0 Å². The number of fused-ring (bicyclic) bond motifs is 1. The molecule has 0 aliphatic carbocycles. The summed E-state index contributed by atoms with van der Waals surface area (Å²) in [6, 6.07) is 9.57. The van der Waals surface area contributed by atoms with Gasteiger partial charge in [-0.25, -0.2) is 13.8 Å². The Balaban J connectivity index is 1.59. The fourth-order valence-corrected chi connectivity index (χ4v) is 2.49. The van der Waals surface area contributed by atoms with Crippen molar-refractivity contribution in [3.8, 4) is 0 Å². The maximum absolute atomic E-state index is 14.0. The first-order valence-electron chi connectivity index (χ1n) is 7.53. The first-order chi connectivity index (χ1) is 12.6. The number of aromatic amines is 1. The van der Waals surface area contributed by atoms with E-state index in [0.717, 1.165) is 23.2 Å². The van der Waals surface area contributed by atoms with Crippen molar-refractivity contribution in [2.45, 2.75) is 0 Å². The average molecular weight is 373 g/mol. The van der Waals surface area contributed by atoms with Crippen LogP contribution in [0.25, 0.3) is 10.9 Å². The molecule has 0 amide bonds. The minimum atomic E-state index is -0.670. The average Bonchev–Trinajstić information content (AvgIpc) is 3.09. The number of hydrogen-bond acceptors (Lipinski definition) is 5. The maximum atomic E-state index is 14.0. The molecule has 2 aromatic heterocycles. The zero-order valence-electron chi connectivity index (χ0n) is 13.1. The van der Waals surface area contributed by atoms with Gasteiger partial charge in [-0.1, -0.05) is 11.6 Å². The van der Waals surface area contributed by atoms with Crippen molar-refractivity contribution in [3.05, 3.63) is 65.4 Å². The van der Waals surface area contributed by atoms with E-state index in [1.165, 1.54) is 12.1 Å². The van der Waals surface area contributed by atoms with Gasteiger partial charge in [0.1, 0.15) is 5.82 Å². The van der Waals surface area contributed by atoms with Gasteiger partial charge in [0.2, 0.25) is 5.95 Å². The number of nitrogens with zero attached hydrogens (tertiary/aromatic N) is 3. The van der Waals surface area contributed by atoms with Crippen molar-refractivity contribution in [2.24, 2.45) is 0 Å². The molecule has 0 fully saturated rings. The van der Waals surface area contributed by atoms with Crippen LogP contribution in [0, 0.1) is 11.6 Å². The van der Waals surface area contributed by atoms with E-state index in [4.69, 9.17) is 11.6 Å². The van der Waals surface area contributed by atoms with Crippen molar-refractivity contribution in [2.75, 3.05) is 10.6 Å². The smallest absolute Gasteiger partial charge is 0.229 e. The highest BCUT2D eigenvalue weighted by molar-refractivity contribution is 6.30. The molecule has 130 valence electrons. The van der Waals surface area contributed by atoms with Gasteiger partial charge in [0.05, 0.1) is 22.9 Å². The van der Waals surface area contributed by atoms with Gasteiger partial charge in [0, 0.05) is 16.8 Å². The van der Waals surface area contributed by atoms with E-state index < -0.39 is 11.6 Å². The third-order valence-electron chi connectivity index (χ3n) is 3.62. The number of nitrogens with one attached hydrogen (secondary N) is 3. The summed E-state index contributed by atoms with van der Waals surface area (Å²) >= 11 is 5.64. The molecule has 0 saturated carbocycles. The predicted molar refractivity (Wildman–Crippen MR) is 96.1 cm³/mol. The van der Waals surface area contributed by atoms with Crippen molar-refractivity contribution in [3.63, 3.8) is 0 Å². The Labute approximate surface area is 151 Å². The molecule has 0 spiro atoms. The summed E-state index contributed by atoms with van der Waals surface area (Å²) in [5, 5.41) is 13.4. The van der Waals surface area contributed by atoms with Crippen molar-refractivity contribution in [1.29, 1.82) is 0 Å². The summed E-state index contributed by atoms with van der Waals surface area (Å²) in [7, 11) is 0. The van der Waals surface area contributed by atoms with Crippen molar-refractivity contribution < 1.29 is 8.78 Å². The predicted octanol–water partition coefficient (Wildman–Crippen LogP) is 4.77. The molecule has 0 unspecified atom stereocenters. The molecule has 2 aromatic carbocycles. The van der Waals surface area contributed by atoms with Crippen LogP contribution in [0.5, 0.6) is 0 Å². The molecular formula is C17H11ClF2N6. The highest BCUT2D eigenvalue weighted by atomic mass is 35.5. The number of aromatic nitrogens is 4. The molecule has 0 aliphatic rings. The largest absolute Gasteiger partial charge is 0.338 e. The summed E-state index contributed by atoms with van der Waals surface area (Å²) in [6.45, 7) is 0. The van der Waals surface area contributed by atoms with E-state index in [1.54, 1.807) is 6.20 Å². The monoisotopic (exact) mass is 372 g/mol. The van der Waals surface area contributed by atoms with Gasteiger partial charge in [-0.05, 0) is 36.4 Å². The number of benzene rings is 2. The SMILES string of the molecule is Fc1cc(Nc2nc(Nc3ccc4[nH]ncc4c3)ncc2F)ccc1Cl. The molecule has 3 N–H and O–H groups in total. The Morgan fingerprint density at radius 1 is 0.923 bits per heavy atom. The number of anilines is 4. The topological polar surface area (TPSA) is 78.5 Å². The maximum Gasteiger partial charge on any atom is 0.229 e. The fourth-order valence-electron chi connectivity index (χ4n) is 2.38. The highest BCUT2D eigenvalue weighted by Crippen LogP contribution is 2.24. The lowest BCUT2D eigenvalue weighted by molar-refractivity contribution is 0.618. The standard InChI is InChI=1S/C17H11ClF2N6/c18-12-3-1-11(6-13(12)19)23-16-14(20)8-21-17(25-16)24-10-2-4-15-9(5-10)7-22-26-15/h1-8H,(H,22,26)(H2,21,23,24,25). The number of hydrogen-bond donors (Lipinski definition) is 3. The zero-order valence-corrected chi connectivity index (χ0v) is 13.9. The van der Waals surface area contributed by atoms with Crippen LogP contribution in [0.15, 0.2) is 48.8 Å². The molecule has 0 bridgehead atoms. The number of rotatable bonds is 4. The summed E-state index contributed by atoms with van der Waals surface area (Å²) in [5.41, 5.74) is 1.92. The molecule has 26 heavy (non-hydrogen) atoms. The van der Waals surface area contributed by atoms with Crippen LogP contribution in [0.2, 0.25) is 5.02 Å². The Bertz CT molecular complexity index is 1100. The second-order valence-corrected chi connectivity index (χ2v) is 5.85. The Morgan fingerprint density at radius 2 is 1.73 bits per heavy atom. The third-order valence-corrected chi connectivity index (χ3v) is 3.93. The molecular weight excluding hydrogens is 362 g/mol. The molecule has 9 heteroatoms. The lowest BCUT2D eigenvalue weighted by Gasteiger charge is -2.10. The molecule has 6 nitrogen and oxygen atoms in total. The Kier molecular flexibility index (Phi) is 4.10. The summed E-state index contributed by atoms with van der Waals surface area (Å²) in [6.07, 6.45) is 2.72. The lowest BCUT2D eigenvalue weighted by atomic mass is 10.2. The lowest BCUT2D eigenvalue weighted by Crippen LogP contribution is -2.03. The van der Waals surface area contributed by atoms with Crippen LogP contribution in [0.1, 0.15) is 0 Å². The van der Waals surface area contributed by atoms with Crippen LogP contribution >= 0.6 is 11.6 Å². The first kappa shape index (κ1) is 16.2. The van der Waals surface area contributed by atoms with Gasteiger partial charge < -0.3 is 10.6 Å². The number of H-pyrrole nitrogens is 1. The van der Waals surface area contributed by atoms with Crippen LogP contribution in [-0.2, 0) is 0 Å². The minimum Gasteiger partial charge on any atom is -0.338 e. The first-order valence-corrected chi connectivity index (χ1v) is 7.91. The zero-order chi connectivity index (χ0) is 18.1. The van der Waals surface area contributed by atoms with E-state index >= 15 is 0 Å². The Morgan fingerprint density at radius 3 is 2.58 bits per heavy atom. The number of halogens is 3. The van der Waals surface area contributed by atoms with Gasteiger partial charge in [-0.3, -0.25) is 5.10 Å². The fraction of sp³-hybridized carbons (Fsp3) is 0. The summed E-state index contributed by atoms with van der Waals surface area (Å²) in [4.78, 5) is 8.01. The third kappa shape index (κ3) is 3.27. The summed E-state index contributed by atoms with van der Waals surface area (Å²) < 4.78 is 27.5. The molecule has 0 radical (unpaired) electrons. The van der Waals surface area contributed by atoms with Crippen molar-refractivity contribution in [1.82, 2.24) is 20.2 Å². The van der Waals surface area contributed by atoms with Gasteiger partial charge in [-0.15, -0.1) is 0 Å². The van der Waals surface area contributed by atoms with Crippen LogP contribution in [0.4, 0.5) is 31.9 Å². The quantitative estimate of drug-likeness (QED) is 0.481.